The Hall–Kier alpha value is -1.97. The van der Waals surface area contributed by atoms with Gasteiger partial charge in [0.2, 0.25) is 0 Å². The average Bonchev–Trinajstić information content (AvgIpc) is 3.24. The number of nitrogens with one attached hydrogen (secondary N) is 3. The molecule has 2 heterocycles. The first-order valence-electron chi connectivity index (χ1n) is 10.7. The Bertz CT molecular complexity index is 988. The van der Waals surface area contributed by atoms with Gasteiger partial charge < -0.3 is 10.1 Å². The van der Waals surface area contributed by atoms with E-state index in [1.54, 1.807) is 11.3 Å². The first kappa shape index (κ1) is 22.2. The summed E-state index contributed by atoms with van der Waals surface area (Å²) in [5.74, 6) is 0.0333. The first-order valence-corrected chi connectivity index (χ1v) is 12.7. The maximum absolute atomic E-state index is 12.6. The van der Waals surface area contributed by atoms with Crippen molar-refractivity contribution in [2.24, 2.45) is 5.92 Å². The number of carbonyl (C=O) groups excluding carboxylic acids is 2. The number of thiocarbonyl (C=S) groups is 1. The van der Waals surface area contributed by atoms with Crippen LogP contribution in [0.2, 0.25) is 0 Å². The molecule has 0 radical (unpaired) electrons. The molecule has 0 unspecified atom stereocenters. The largest absolute Gasteiger partial charge is 0.465 e. The third kappa shape index (κ3) is 4.94. The molecule has 0 spiro atoms. The Morgan fingerprint density at radius 3 is 2.71 bits per heavy atom. The number of rotatable bonds is 3. The molecule has 0 aliphatic heterocycles. The summed E-state index contributed by atoms with van der Waals surface area (Å²) >= 11 is 8.48. The summed E-state index contributed by atoms with van der Waals surface area (Å²) in [6, 6.07) is 2.00. The van der Waals surface area contributed by atoms with Gasteiger partial charge in [-0.2, -0.15) is 0 Å². The lowest BCUT2D eigenvalue weighted by molar-refractivity contribution is 0.0600. The molecule has 6 nitrogen and oxygen atoms in total. The molecule has 9 heteroatoms. The number of methoxy groups -OCH3 is 1. The number of esters is 1. The van der Waals surface area contributed by atoms with E-state index in [0.29, 0.717) is 21.4 Å². The SMILES string of the molecule is COC(=O)c1c(NC(=S)NNC(=O)c2cc3c(s2)CCCCC3)sc2c1CC[C@@H](C)C2. The summed E-state index contributed by atoms with van der Waals surface area (Å²) in [7, 11) is 1.39. The predicted octanol–water partition coefficient (Wildman–Crippen LogP) is 4.62. The molecule has 0 bridgehead atoms. The highest BCUT2D eigenvalue weighted by Crippen LogP contribution is 2.40. The van der Waals surface area contributed by atoms with Crippen LogP contribution in [-0.2, 0) is 30.4 Å². The van der Waals surface area contributed by atoms with Gasteiger partial charge in [-0.25, -0.2) is 4.79 Å². The number of hydrogen-bond acceptors (Lipinski definition) is 6. The molecule has 1 atom stereocenters. The van der Waals surface area contributed by atoms with Gasteiger partial charge >= 0.3 is 5.97 Å². The zero-order valence-electron chi connectivity index (χ0n) is 17.8. The summed E-state index contributed by atoms with van der Waals surface area (Å²) in [6.45, 7) is 2.22. The van der Waals surface area contributed by atoms with E-state index in [0.717, 1.165) is 37.7 Å². The Balaban J connectivity index is 1.41. The van der Waals surface area contributed by atoms with Gasteiger partial charge in [-0.1, -0.05) is 13.3 Å². The van der Waals surface area contributed by atoms with E-state index in [1.807, 2.05) is 6.07 Å². The van der Waals surface area contributed by atoms with Crippen LogP contribution in [-0.4, -0.2) is 24.1 Å². The smallest absolute Gasteiger partial charge is 0.341 e. The van der Waals surface area contributed by atoms with Gasteiger partial charge in [0.25, 0.3) is 5.91 Å². The van der Waals surface area contributed by atoms with E-state index in [4.69, 9.17) is 17.0 Å². The summed E-state index contributed by atoms with van der Waals surface area (Å²) in [6.07, 6.45) is 8.59. The second kappa shape index (κ2) is 9.67. The normalized spacial score (nSPS) is 17.7. The van der Waals surface area contributed by atoms with Gasteiger partial charge in [-0.05, 0) is 80.3 Å². The maximum atomic E-state index is 12.6. The number of thiophene rings is 2. The van der Waals surface area contributed by atoms with Crippen LogP contribution in [0.25, 0.3) is 0 Å². The standard InChI is InChI=1S/C22H27N3O3S3/c1-12-8-9-14-16(10-12)31-20(18(14)21(27)28-2)23-22(29)25-24-19(26)17-11-13-6-4-3-5-7-15(13)30-17/h11-12H,3-10H2,1-2H3,(H,24,26)(H2,23,25,29)/t12-/m1/s1. The zero-order chi connectivity index (χ0) is 22.0. The van der Waals surface area contributed by atoms with E-state index in [1.165, 1.54) is 53.0 Å². The number of amides is 1. The van der Waals surface area contributed by atoms with Crippen molar-refractivity contribution >= 4 is 56.9 Å². The predicted molar refractivity (Wildman–Crippen MR) is 129 cm³/mol. The number of aryl methyl sites for hydroxylation is 2. The molecular formula is C22H27N3O3S3. The van der Waals surface area contributed by atoms with Crippen LogP contribution in [0.1, 0.15) is 73.5 Å². The van der Waals surface area contributed by atoms with Crippen LogP contribution in [0.15, 0.2) is 6.07 Å². The third-order valence-corrected chi connectivity index (χ3v) is 8.50. The van der Waals surface area contributed by atoms with Gasteiger partial charge in [0.05, 0.1) is 17.6 Å². The molecule has 2 aromatic heterocycles. The summed E-state index contributed by atoms with van der Waals surface area (Å²) in [4.78, 5) is 28.2. The van der Waals surface area contributed by atoms with Crippen LogP contribution in [0, 0.1) is 5.92 Å². The van der Waals surface area contributed by atoms with Gasteiger partial charge in [0.1, 0.15) is 5.00 Å². The fraction of sp³-hybridized carbons (Fsp3) is 0.500. The molecule has 166 valence electrons. The van der Waals surface area contributed by atoms with E-state index in [2.05, 4.69) is 23.1 Å². The van der Waals surface area contributed by atoms with E-state index >= 15 is 0 Å². The van der Waals surface area contributed by atoms with Crippen LogP contribution in [0.5, 0.6) is 0 Å². The molecule has 1 amide bonds. The molecule has 0 fully saturated rings. The molecule has 2 aromatic rings. The number of hydrazine groups is 1. The maximum Gasteiger partial charge on any atom is 0.341 e. The Labute approximate surface area is 195 Å². The molecular weight excluding hydrogens is 450 g/mol. The molecule has 4 rings (SSSR count). The highest BCUT2D eigenvalue weighted by atomic mass is 32.1. The van der Waals surface area contributed by atoms with Crippen LogP contribution in [0.3, 0.4) is 0 Å². The van der Waals surface area contributed by atoms with Crippen molar-refractivity contribution in [3.05, 3.63) is 37.4 Å². The molecule has 31 heavy (non-hydrogen) atoms. The summed E-state index contributed by atoms with van der Waals surface area (Å²) in [5, 5.41) is 3.99. The van der Waals surface area contributed by atoms with E-state index in [-0.39, 0.29) is 17.0 Å². The van der Waals surface area contributed by atoms with Crippen LogP contribution >= 0.6 is 34.9 Å². The van der Waals surface area contributed by atoms with Gasteiger partial charge in [0.15, 0.2) is 5.11 Å². The number of ether oxygens (including phenoxy) is 1. The number of fused-ring (bicyclic) bond motifs is 2. The number of anilines is 1. The lowest BCUT2D eigenvalue weighted by atomic mass is 9.88. The van der Waals surface area contributed by atoms with E-state index in [9.17, 15) is 9.59 Å². The highest BCUT2D eigenvalue weighted by molar-refractivity contribution is 7.80. The number of carbonyl (C=O) groups is 2. The monoisotopic (exact) mass is 477 g/mol. The topological polar surface area (TPSA) is 79.5 Å². The van der Waals surface area contributed by atoms with Crippen molar-refractivity contribution in [2.45, 2.75) is 58.3 Å². The minimum atomic E-state index is -0.360. The van der Waals surface area contributed by atoms with E-state index < -0.39 is 0 Å². The quantitative estimate of drug-likeness (QED) is 0.259. The molecule has 2 aliphatic rings. The number of hydrogen-bond donors (Lipinski definition) is 3. The fourth-order valence-electron chi connectivity index (χ4n) is 4.25. The highest BCUT2D eigenvalue weighted by Gasteiger charge is 2.28. The lowest BCUT2D eigenvalue weighted by Gasteiger charge is -2.18. The molecule has 0 saturated heterocycles. The molecule has 2 aliphatic carbocycles. The minimum Gasteiger partial charge on any atom is -0.465 e. The van der Waals surface area contributed by atoms with Gasteiger partial charge in [-0.3, -0.25) is 15.6 Å². The average molecular weight is 478 g/mol. The Morgan fingerprint density at radius 2 is 1.90 bits per heavy atom. The second-order valence-corrected chi connectivity index (χ2v) is 10.9. The minimum absolute atomic E-state index is 0.199. The van der Waals surface area contributed by atoms with Crippen molar-refractivity contribution in [1.29, 1.82) is 0 Å². The van der Waals surface area contributed by atoms with Gasteiger partial charge in [-0.15, -0.1) is 22.7 Å². The first-order chi connectivity index (χ1) is 15.0. The lowest BCUT2D eigenvalue weighted by Crippen LogP contribution is -2.43. The van der Waals surface area contributed by atoms with Crippen molar-refractivity contribution in [3.8, 4) is 0 Å². The van der Waals surface area contributed by atoms with Gasteiger partial charge in [0, 0.05) is 9.75 Å². The van der Waals surface area contributed by atoms with Crippen LogP contribution < -0.4 is 16.2 Å². The summed E-state index contributed by atoms with van der Waals surface area (Å²) < 4.78 is 5.01. The second-order valence-electron chi connectivity index (χ2n) is 8.20. The summed E-state index contributed by atoms with van der Waals surface area (Å²) in [5.41, 5.74) is 8.38. The van der Waals surface area contributed by atoms with Crippen molar-refractivity contribution in [3.63, 3.8) is 0 Å². The third-order valence-electron chi connectivity index (χ3n) is 5.89. The molecule has 3 N–H and O–H groups in total. The van der Waals surface area contributed by atoms with Crippen LogP contribution in [0.4, 0.5) is 5.00 Å². The molecule has 0 aromatic carbocycles. The van der Waals surface area contributed by atoms with Crippen molar-refractivity contribution in [1.82, 2.24) is 10.9 Å². The van der Waals surface area contributed by atoms with Crippen molar-refractivity contribution < 1.29 is 14.3 Å². The molecule has 0 saturated carbocycles. The van der Waals surface area contributed by atoms with Crippen molar-refractivity contribution in [2.75, 3.05) is 12.4 Å². The Kier molecular flexibility index (Phi) is 6.93. The zero-order valence-corrected chi connectivity index (χ0v) is 20.2. The Morgan fingerprint density at radius 1 is 1.10 bits per heavy atom. The fourth-order valence-corrected chi connectivity index (χ4v) is 7.02.